The smallest absolute Gasteiger partial charge is 0.135 e. The van der Waals surface area contributed by atoms with E-state index in [-0.39, 0.29) is 0 Å². The quantitative estimate of drug-likeness (QED) is 0.167. The van der Waals surface area contributed by atoms with Crippen LogP contribution in [0.4, 0.5) is 0 Å². The molecule has 42 heavy (non-hydrogen) atoms. The first-order valence-electron chi connectivity index (χ1n) is 14.4. The number of para-hydroxylation sites is 1. The van der Waals surface area contributed by atoms with Crippen molar-refractivity contribution in [3.63, 3.8) is 0 Å². The van der Waals surface area contributed by atoms with E-state index in [1.165, 1.54) is 42.2 Å². The van der Waals surface area contributed by atoms with Crippen molar-refractivity contribution in [2.24, 2.45) is 0 Å². The van der Waals surface area contributed by atoms with Crippen LogP contribution in [0.25, 0.3) is 0 Å². The minimum Gasteiger partial charge on any atom is -0.457 e. The van der Waals surface area contributed by atoms with Gasteiger partial charge in [-0.1, -0.05) is 165 Å². The van der Waals surface area contributed by atoms with Crippen molar-refractivity contribution in [2.75, 3.05) is 0 Å². The standard InChI is InChI=1S/C38H32OP2Si/c1-42(2)36-27-26-33(40(29-16-7-3-8-17-29)30-18-9-4-10-19-30)28-34(36)39-38-35(24-15-25-37(38)42)41(31-20-11-5-12-21-31)32-22-13-6-14-23-32/h3-28H,1-2H3. The highest BCUT2D eigenvalue weighted by Gasteiger charge is 2.39. The van der Waals surface area contributed by atoms with Crippen LogP contribution in [-0.2, 0) is 0 Å². The van der Waals surface area contributed by atoms with Gasteiger partial charge in [-0.15, -0.1) is 0 Å². The molecule has 1 aliphatic heterocycles. The van der Waals surface area contributed by atoms with Gasteiger partial charge >= 0.3 is 0 Å². The molecule has 0 bridgehead atoms. The summed E-state index contributed by atoms with van der Waals surface area (Å²) in [5.41, 5.74) is 0. The average molecular weight is 595 g/mol. The van der Waals surface area contributed by atoms with E-state index in [1.807, 2.05) is 0 Å². The molecule has 0 atom stereocenters. The van der Waals surface area contributed by atoms with Gasteiger partial charge in [0.1, 0.15) is 19.6 Å². The molecule has 1 nitrogen and oxygen atoms in total. The monoisotopic (exact) mass is 594 g/mol. The molecule has 0 radical (unpaired) electrons. The Morgan fingerprint density at radius 3 is 1.40 bits per heavy atom. The van der Waals surface area contributed by atoms with Crippen molar-refractivity contribution in [3.8, 4) is 11.5 Å². The van der Waals surface area contributed by atoms with Gasteiger partial charge in [0.2, 0.25) is 0 Å². The molecule has 6 aromatic carbocycles. The van der Waals surface area contributed by atoms with Crippen molar-refractivity contribution in [1.29, 1.82) is 0 Å². The second-order valence-electron chi connectivity index (χ2n) is 11.1. The lowest BCUT2D eigenvalue weighted by Gasteiger charge is -2.36. The number of rotatable bonds is 6. The molecule has 1 heterocycles. The van der Waals surface area contributed by atoms with Crippen molar-refractivity contribution < 1.29 is 4.74 Å². The SMILES string of the molecule is C[Si]1(C)c2ccc(P(c3ccccc3)c3ccccc3)cc2Oc2c(P(c3ccccc3)c3ccccc3)cccc21. The Hall–Kier alpha value is -3.80. The lowest BCUT2D eigenvalue weighted by Crippen LogP contribution is -2.57. The Bertz CT molecular complexity index is 1750. The average Bonchev–Trinajstić information content (AvgIpc) is 3.04. The first kappa shape index (κ1) is 27.1. The van der Waals surface area contributed by atoms with Crippen LogP contribution in [0, 0.1) is 0 Å². The Kier molecular flexibility index (Phi) is 7.39. The zero-order valence-corrected chi connectivity index (χ0v) is 26.6. The summed E-state index contributed by atoms with van der Waals surface area (Å²) in [6, 6.07) is 57.7. The fourth-order valence-electron chi connectivity index (χ4n) is 5.99. The van der Waals surface area contributed by atoms with Crippen molar-refractivity contribution >= 4 is 66.1 Å². The first-order chi connectivity index (χ1) is 20.6. The minimum absolute atomic E-state index is 0.712. The van der Waals surface area contributed by atoms with Crippen LogP contribution in [0.15, 0.2) is 158 Å². The maximum Gasteiger partial charge on any atom is 0.135 e. The summed E-state index contributed by atoms with van der Waals surface area (Å²) in [5.74, 6) is 2.10. The van der Waals surface area contributed by atoms with Gasteiger partial charge in [0.15, 0.2) is 0 Å². The van der Waals surface area contributed by atoms with E-state index < -0.39 is 23.9 Å². The molecule has 0 saturated heterocycles. The number of hydrogen-bond acceptors (Lipinski definition) is 1. The van der Waals surface area contributed by atoms with Gasteiger partial charge in [0.05, 0.1) is 0 Å². The summed E-state index contributed by atoms with van der Waals surface area (Å²) in [7, 11) is -3.53. The molecule has 0 spiro atoms. The van der Waals surface area contributed by atoms with E-state index in [0.717, 1.165) is 11.5 Å². The predicted octanol–water partition coefficient (Wildman–Crippen LogP) is 6.13. The molecular weight excluding hydrogens is 562 g/mol. The van der Waals surface area contributed by atoms with Crippen LogP contribution < -0.4 is 46.9 Å². The van der Waals surface area contributed by atoms with Crippen LogP contribution >= 0.6 is 15.8 Å². The molecule has 4 heteroatoms. The zero-order valence-electron chi connectivity index (χ0n) is 23.8. The zero-order chi connectivity index (χ0) is 28.5. The summed E-state index contributed by atoms with van der Waals surface area (Å²) in [6.45, 7) is 4.95. The Labute approximate surface area is 252 Å². The number of fused-ring (bicyclic) bond motifs is 2. The molecule has 0 fully saturated rings. The number of ether oxygens (including phenoxy) is 1. The molecule has 0 aromatic heterocycles. The first-order valence-corrected chi connectivity index (χ1v) is 20.1. The maximum atomic E-state index is 7.09. The largest absolute Gasteiger partial charge is 0.457 e. The summed E-state index contributed by atoms with van der Waals surface area (Å²) in [5, 5.41) is 10.7. The van der Waals surface area contributed by atoms with Gasteiger partial charge in [0.25, 0.3) is 0 Å². The van der Waals surface area contributed by atoms with Crippen molar-refractivity contribution in [3.05, 3.63) is 158 Å². The van der Waals surface area contributed by atoms with Crippen LogP contribution in [0.5, 0.6) is 11.5 Å². The van der Waals surface area contributed by atoms with E-state index in [2.05, 4.69) is 171 Å². The van der Waals surface area contributed by atoms with Crippen LogP contribution in [0.2, 0.25) is 13.1 Å². The van der Waals surface area contributed by atoms with E-state index in [4.69, 9.17) is 4.74 Å². The van der Waals surface area contributed by atoms with Gasteiger partial charge < -0.3 is 4.74 Å². The Balaban J connectivity index is 1.39. The predicted molar refractivity (Wildman–Crippen MR) is 187 cm³/mol. The topological polar surface area (TPSA) is 9.23 Å². The van der Waals surface area contributed by atoms with Gasteiger partial charge in [-0.2, -0.15) is 0 Å². The Morgan fingerprint density at radius 2 is 0.905 bits per heavy atom. The highest BCUT2D eigenvalue weighted by Crippen LogP contribution is 2.40. The summed E-state index contributed by atoms with van der Waals surface area (Å²) in [4.78, 5) is 0. The fourth-order valence-corrected chi connectivity index (χ4v) is 13.6. The molecule has 0 amide bonds. The van der Waals surface area contributed by atoms with Crippen LogP contribution in [-0.4, -0.2) is 8.07 Å². The van der Waals surface area contributed by atoms with E-state index in [9.17, 15) is 0 Å². The summed E-state index contributed by atoms with van der Waals surface area (Å²) in [6.07, 6.45) is 0. The van der Waals surface area contributed by atoms with E-state index in [1.54, 1.807) is 0 Å². The van der Waals surface area contributed by atoms with E-state index >= 15 is 0 Å². The maximum absolute atomic E-state index is 7.09. The molecule has 0 unspecified atom stereocenters. The molecule has 6 aromatic rings. The highest BCUT2D eigenvalue weighted by molar-refractivity contribution is 7.80. The summed E-state index contributed by atoms with van der Waals surface area (Å²) >= 11 is 0. The van der Waals surface area contributed by atoms with Crippen LogP contribution in [0.1, 0.15) is 0 Å². The van der Waals surface area contributed by atoms with Crippen molar-refractivity contribution in [1.82, 2.24) is 0 Å². The Morgan fingerprint density at radius 1 is 0.429 bits per heavy atom. The van der Waals surface area contributed by atoms with Gasteiger partial charge in [-0.25, -0.2) is 0 Å². The molecule has 0 saturated carbocycles. The third kappa shape index (κ3) is 4.95. The number of benzene rings is 6. The molecule has 204 valence electrons. The summed E-state index contributed by atoms with van der Waals surface area (Å²) < 4.78 is 7.09. The molecule has 1 aliphatic rings. The highest BCUT2D eigenvalue weighted by atomic mass is 31.1. The lowest BCUT2D eigenvalue weighted by atomic mass is 10.3. The van der Waals surface area contributed by atoms with Crippen LogP contribution in [0.3, 0.4) is 0 Å². The van der Waals surface area contributed by atoms with Gasteiger partial charge in [-0.3, -0.25) is 0 Å². The van der Waals surface area contributed by atoms with Gasteiger partial charge in [0, 0.05) is 5.30 Å². The molecular formula is C38H32OP2Si. The number of hydrogen-bond donors (Lipinski definition) is 0. The van der Waals surface area contributed by atoms with Crippen molar-refractivity contribution in [2.45, 2.75) is 13.1 Å². The second-order valence-corrected chi connectivity index (χ2v) is 19.8. The minimum atomic E-state index is -2.03. The van der Waals surface area contributed by atoms with Gasteiger partial charge in [-0.05, 0) is 58.8 Å². The second kappa shape index (κ2) is 11.5. The molecule has 0 aliphatic carbocycles. The lowest BCUT2D eigenvalue weighted by molar-refractivity contribution is 0.491. The normalized spacial score (nSPS) is 13.3. The fraction of sp³-hybridized carbons (Fsp3) is 0.0526. The third-order valence-electron chi connectivity index (χ3n) is 8.07. The molecule has 0 N–H and O–H groups in total. The third-order valence-corrected chi connectivity index (χ3v) is 16.5. The molecule has 7 rings (SSSR count). The van der Waals surface area contributed by atoms with E-state index in [0.29, 0.717) is 0 Å².